The normalized spacial score (nSPS) is 19.0. The zero-order valence-corrected chi connectivity index (χ0v) is 9.24. The molecule has 1 aliphatic carbocycles. The number of hydrogen-bond acceptors (Lipinski definition) is 3. The average Bonchev–Trinajstić information content (AvgIpc) is 2.89. The molecule has 0 spiro atoms. The predicted molar refractivity (Wildman–Crippen MR) is 56.3 cm³/mol. The molecule has 0 saturated heterocycles. The fraction of sp³-hybridized carbons (Fsp3) is 0.700. The summed E-state index contributed by atoms with van der Waals surface area (Å²) in [5.74, 6) is 0.793. The third-order valence-corrected chi connectivity index (χ3v) is 4.10. The molecule has 1 saturated carbocycles. The molecule has 0 bridgehead atoms. The largest absolute Gasteiger partial charge is 0.312 e. The Morgan fingerprint density at radius 3 is 2.77 bits per heavy atom. The molecule has 1 unspecified atom stereocenters. The molecule has 1 heterocycles. The van der Waals surface area contributed by atoms with Gasteiger partial charge in [-0.05, 0) is 33.7 Å². The standard InChI is InChI=1S/C10H16N2S/c1-6(11-3)9-7(2)12-10(13-9)8-4-5-8/h6,8,11H,4-5H2,1-3H3. The number of nitrogens with one attached hydrogen (secondary N) is 1. The van der Waals surface area contributed by atoms with Gasteiger partial charge in [0.25, 0.3) is 0 Å². The van der Waals surface area contributed by atoms with Gasteiger partial charge in [0.1, 0.15) is 0 Å². The minimum absolute atomic E-state index is 0.449. The van der Waals surface area contributed by atoms with Gasteiger partial charge in [-0.15, -0.1) is 11.3 Å². The highest BCUT2D eigenvalue weighted by atomic mass is 32.1. The summed E-state index contributed by atoms with van der Waals surface area (Å²) in [6, 6.07) is 0.449. The molecule has 1 aromatic heterocycles. The molecule has 0 aliphatic heterocycles. The van der Waals surface area contributed by atoms with Crippen LogP contribution in [-0.2, 0) is 0 Å². The van der Waals surface area contributed by atoms with Crippen molar-refractivity contribution < 1.29 is 0 Å². The Kier molecular flexibility index (Phi) is 2.39. The Bertz CT molecular complexity index is 302. The summed E-state index contributed by atoms with van der Waals surface area (Å²) in [6.45, 7) is 4.31. The van der Waals surface area contributed by atoms with Gasteiger partial charge in [0.15, 0.2) is 0 Å². The van der Waals surface area contributed by atoms with Crippen molar-refractivity contribution in [3.8, 4) is 0 Å². The van der Waals surface area contributed by atoms with Crippen LogP contribution in [0.3, 0.4) is 0 Å². The van der Waals surface area contributed by atoms with Crippen LogP contribution < -0.4 is 5.32 Å². The first-order valence-electron chi connectivity index (χ1n) is 4.87. The summed E-state index contributed by atoms with van der Waals surface area (Å²) in [6.07, 6.45) is 2.70. The van der Waals surface area contributed by atoms with Crippen LogP contribution in [0.25, 0.3) is 0 Å². The van der Waals surface area contributed by atoms with Gasteiger partial charge in [-0.3, -0.25) is 0 Å². The van der Waals surface area contributed by atoms with E-state index in [1.165, 1.54) is 28.4 Å². The van der Waals surface area contributed by atoms with Crippen molar-refractivity contribution in [3.63, 3.8) is 0 Å². The summed E-state index contributed by atoms with van der Waals surface area (Å²) in [7, 11) is 2.00. The molecule has 3 heteroatoms. The maximum Gasteiger partial charge on any atom is 0.0962 e. The van der Waals surface area contributed by atoms with E-state index in [1.54, 1.807) is 0 Å². The number of hydrogen-bond donors (Lipinski definition) is 1. The zero-order chi connectivity index (χ0) is 9.42. The van der Waals surface area contributed by atoms with E-state index < -0.39 is 0 Å². The van der Waals surface area contributed by atoms with E-state index in [0.29, 0.717) is 6.04 Å². The van der Waals surface area contributed by atoms with Gasteiger partial charge < -0.3 is 5.32 Å². The predicted octanol–water partition coefficient (Wildman–Crippen LogP) is 2.61. The average molecular weight is 196 g/mol. The lowest BCUT2D eigenvalue weighted by atomic mass is 10.2. The van der Waals surface area contributed by atoms with Crippen molar-refractivity contribution >= 4 is 11.3 Å². The maximum atomic E-state index is 4.62. The number of thiazole rings is 1. The van der Waals surface area contributed by atoms with Crippen molar-refractivity contribution in [1.82, 2.24) is 10.3 Å². The molecule has 2 rings (SSSR count). The molecule has 0 aromatic carbocycles. The minimum atomic E-state index is 0.449. The second-order valence-electron chi connectivity index (χ2n) is 3.79. The van der Waals surface area contributed by atoms with E-state index in [1.807, 2.05) is 18.4 Å². The van der Waals surface area contributed by atoms with E-state index in [-0.39, 0.29) is 0 Å². The van der Waals surface area contributed by atoms with Crippen LogP contribution >= 0.6 is 11.3 Å². The third-order valence-electron chi connectivity index (χ3n) is 2.60. The first-order valence-corrected chi connectivity index (χ1v) is 5.68. The fourth-order valence-corrected chi connectivity index (χ4v) is 2.77. The second kappa shape index (κ2) is 3.39. The van der Waals surface area contributed by atoms with Crippen LogP contribution in [0.4, 0.5) is 0 Å². The lowest BCUT2D eigenvalue weighted by Gasteiger charge is -2.06. The highest BCUT2D eigenvalue weighted by Gasteiger charge is 2.28. The van der Waals surface area contributed by atoms with E-state index in [0.717, 1.165) is 5.92 Å². The zero-order valence-electron chi connectivity index (χ0n) is 8.42. The van der Waals surface area contributed by atoms with Gasteiger partial charge in [-0.1, -0.05) is 0 Å². The second-order valence-corrected chi connectivity index (χ2v) is 4.85. The minimum Gasteiger partial charge on any atom is -0.312 e. The van der Waals surface area contributed by atoms with Crippen LogP contribution in [-0.4, -0.2) is 12.0 Å². The van der Waals surface area contributed by atoms with Crippen LogP contribution in [0.2, 0.25) is 0 Å². The molecule has 1 N–H and O–H groups in total. The van der Waals surface area contributed by atoms with Gasteiger partial charge in [-0.2, -0.15) is 0 Å². The molecular formula is C10H16N2S. The number of nitrogens with zero attached hydrogens (tertiary/aromatic N) is 1. The molecule has 2 nitrogen and oxygen atoms in total. The monoisotopic (exact) mass is 196 g/mol. The first kappa shape index (κ1) is 9.16. The maximum absolute atomic E-state index is 4.62. The topological polar surface area (TPSA) is 24.9 Å². The molecule has 72 valence electrons. The Morgan fingerprint density at radius 1 is 1.54 bits per heavy atom. The van der Waals surface area contributed by atoms with Crippen LogP contribution in [0.5, 0.6) is 0 Å². The van der Waals surface area contributed by atoms with Crippen LogP contribution in [0.15, 0.2) is 0 Å². The Morgan fingerprint density at radius 2 is 2.23 bits per heavy atom. The highest BCUT2D eigenvalue weighted by molar-refractivity contribution is 7.12. The Labute approximate surface area is 83.4 Å². The number of rotatable bonds is 3. The molecule has 0 amide bonds. The van der Waals surface area contributed by atoms with Gasteiger partial charge in [0.2, 0.25) is 0 Å². The van der Waals surface area contributed by atoms with Gasteiger partial charge >= 0.3 is 0 Å². The molecule has 13 heavy (non-hydrogen) atoms. The summed E-state index contributed by atoms with van der Waals surface area (Å²) >= 11 is 1.89. The smallest absolute Gasteiger partial charge is 0.0962 e. The number of aryl methyl sites for hydroxylation is 1. The first-order chi connectivity index (χ1) is 6.22. The molecule has 0 radical (unpaired) electrons. The van der Waals surface area contributed by atoms with Crippen LogP contribution in [0.1, 0.15) is 47.3 Å². The summed E-state index contributed by atoms with van der Waals surface area (Å²) in [5, 5.41) is 4.62. The van der Waals surface area contributed by atoms with Gasteiger partial charge in [0, 0.05) is 16.8 Å². The van der Waals surface area contributed by atoms with E-state index in [4.69, 9.17) is 0 Å². The van der Waals surface area contributed by atoms with Crippen molar-refractivity contribution in [2.45, 2.75) is 38.6 Å². The lowest BCUT2D eigenvalue weighted by Crippen LogP contribution is -2.11. The molecule has 1 aliphatic rings. The van der Waals surface area contributed by atoms with E-state index in [9.17, 15) is 0 Å². The third kappa shape index (κ3) is 1.76. The SMILES string of the molecule is CNC(C)c1sc(C2CC2)nc1C. The van der Waals surface area contributed by atoms with E-state index >= 15 is 0 Å². The molecule has 1 atom stereocenters. The van der Waals surface area contributed by atoms with Crippen LogP contribution in [0, 0.1) is 6.92 Å². The van der Waals surface area contributed by atoms with Crippen molar-refractivity contribution in [3.05, 3.63) is 15.6 Å². The fourth-order valence-electron chi connectivity index (χ4n) is 1.47. The molecule has 1 aromatic rings. The lowest BCUT2D eigenvalue weighted by molar-refractivity contribution is 0.658. The van der Waals surface area contributed by atoms with Gasteiger partial charge in [-0.25, -0.2) is 4.98 Å². The van der Waals surface area contributed by atoms with E-state index in [2.05, 4.69) is 24.1 Å². The van der Waals surface area contributed by atoms with Crippen molar-refractivity contribution in [1.29, 1.82) is 0 Å². The Balaban J connectivity index is 2.24. The Hall–Kier alpha value is -0.410. The molecular weight excluding hydrogens is 180 g/mol. The quantitative estimate of drug-likeness (QED) is 0.804. The highest BCUT2D eigenvalue weighted by Crippen LogP contribution is 2.43. The summed E-state index contributed by atoms with van der Waals surface area (Å²) < 4.78 is 0. The molecule has 1 fully saturated rings. The summed E-state index contributed by atoms with van der Waals surface area (Å²) in [4.78, 5) is 6.03. The summed E-state index contributed by atoms with van der Waals surface area (Å²) in [5.41, 5.74) is 1.22. The van der Waals surface area contributed by atoms with Crippen molar-refractivity contribution in [2.75, 3.05) is 7.05 Å². The number of aromatic nitrogens is 1. The van der Waals surface area contributed by atoms with Gasteiger partial charge in [0.05, 0.1) is 10.7 Å². The van der Waals surface area contributed by atoms with Crippen molar-refractivity contribution in [2.24, 2.45) is 0 Å².